The minimum absolute atomic E-state index is 0.259. The van der Waals surface area contributed by atoms with Crippen molar-refractivity contribution in [1.29, 1.82) is 0 Å². The first-order chi connectivity index (χ1) is 14.1. The Bertz CT molecular complexity index is 1220. The van der Waals surface area contributed by atoms with Gasteiger partial charge in [0.25, 0.3) is 5.56 Å². The number of ether oxygens (including phenoxy) is 2. The molecule has 0 amide bonds. The standard InChI is InChI=1S/C21H20Br2ClN3O3/c1-21(2,3)20-26-14-7-6-12(22)9-13(14)19(28)27(20)25-10-11-8-15(29-4)18(30-5)17(24)16(11)23/h6-10H,1-5H3. The summed E-state index contributed by atoms with van der Waals surface area (Å²) in [5.74, 6) is 1.41. The fourth-order valence-electron chi connectivity index (χ4n) is 2.90. The van der Waals surface area contributed by atoms with Gasteiger partial charge < -0.3 is 9.47 Å². The predicted octanol–water partition coefficient (Wildman–Crippen LogP) is 5.77. The molecular formula is C21H20Br2ClN3O3. The molecule has 3 aromatic rings. The summed E-state index contributed by atoms with van der Waals surface area (Å²) >= 11 is 13.3. The first-order valence-electron chi connectivity index (χ1n) is 8.95. The molecule has 0 N–H and O–H groups in total. The molecule has 0 aliphatic rings. The summed E-state index contributed by atoms with van der Waals surface area (Å²) in [5.41, 5.74) is 0.573. The average molecular weight is 558 g/mol. The number of methoxy groups -OCH3 is 2. The van der Waals surface area contributed by atoms with E-state index in [1.54, 1.807) is 18.3 Å². The molecule has 0 aliphatic heterocycles. The van der Waals surface area contributed by atoms with E-state index in [9.17, 15) is 4.79 Å². The first kappa shape index (κ1) is 22.8. The molecule has 0 bridgehead atoms. The third-order valence-corrected chi connectivity index (χ3v) is 6.31. The molecule has 0 fully saturated rings. The number of aromatic nitrogens is 2. The number of halogens is 3. The maximum Gasteiger partial charge on any atom is 0.282 e. The Labute approximate surface area is 196 Å². The van der Waals surface area contributed by atoms with Crippen LogP contribution in [-0.2, 0) is 5.41 Å². The molecule has 0 spiro atoms. The maximum absolute atomic E-state index is 13.3. The lowest BCUT2D eigenvalue weighted by atomic mass is 9.95. The van der Waals surface area contributed by atoms with Gasteiger partial charge in [0.15, 0.2) is 11.5 Å². The van der Waals surface area contributed by atoms with Crippen LogP contribution in [0, 0.1) is 0 Å². The Morgan fingerprint density at radius 1 is 1.17 bits per heavy atom. The molecule has 158 valence electrons. The van der Waals surface area contributed by atoms with Crippen LogP contribution >= 0.6 is 43.5 Å². The molecule has 0 unspecified atom stereocenters. The second-order valence-corrected chi connectivity index (χ2v) is 9.62. The van der Waals surface area contributed by atoms with Crippen LogP contribution in [0.3, 0.4) is 0 Å². The minimum Gasteiger partial charge on any atom is -0.493 e. The Morgan fingerprint density at radius 2 is 1.87 bits per heavy atom. The third-order valence-electron chi connectivity index (χ3n) is 4.37. The average Bonchev–Trinajstić information content (AvgIpc) is 2.69. The van der Waals surface area contributed by atoms with Crippen LogP contribution in [-0.4, -0.2) is 30.1 Å². The smallest absolute Gasteiger partial charge is 0.282 e. The molecule has 0 saturated heterocycles. The van der Waals surface area contributed by atoms with Gasteiger partial charge in [0.1, 0.15) is 10.8 Å². The van der Waals surface area contributed by atoms with Crippen molar-refractivity contribution in [2.45, 2.75) is 26.2 Å². The number of fused-ring (bicyclic) bond motifs is 1. The zero-order chi connectivity index (χ0) is 22.2. The molecule has 0 saturated carbocycles. The van der Waals surface area contributed by atoms with E-state index in [1.807, 2.05) is 32.9 Å². The molecule has 1 aromatic heterocycles. The fraction of sp³-hybridized carbons (Fsp3) is 0.286. The Morgan fingerprint density at radius 3 is 2.47 bits per heavy atom. The molecular weight excluding hydrogens is 538 g/mol. The van der Waals surface area contributed by atoms with Crippen LogP contribution < -0.4 is 15.0 Å². The molecule has 1 heterocycles. The van der Waals surface area contributed by atoms with Crippen molar-refractivity contribution in [3.8, 4) is 11.5 Å². The van der Waals surface area contributed by atoms with Crippen LogP contribution in [0.2, 0.25) is 5.02 Å². The number of hydrogen-bond acceptors (Lipinski definition) is 5. The molecule has 0 radical (unpaired) electrons. The first-order valence-corrected chi connectivity index (χ1v) is 10.9. The van der Waals surface area contributed by atoms with Gasteiger partial charge in [-0.15, -0.1) is 0 Å². The number of hydrogen-bond donors (Lipinski definition) is 0. The van der Waals surface area contributed by atoms with Crippen LogP contribution in [0.5, 0.6) is 11.5 Å². The third kappa shape index (κ3) is 4.26. The number of nitrogens with zero attached hydrogens (tertiary/aromatic N) is 3. The van der Waals surface area contributed by atoms with Crippen molar-refractivity contribution in [1.82, 2.24) is 9.66 Å². The molecule has 0 atom stereocenters. The van der Waals surface area contributed by atoms with E-state index in [1.165, 1.54) is 18.9 Å². The Balaban J connectivity index is 2.25. The molecule has 3 rings (SSSR count). The second-order valence-electron chi connectivity index (χ2n) is 7.54. The lowest BCUT2D eigenvalue weighted by molar-refractivity contribution is 0.355. The van der Waals surface area contributed by atoms with Crippen molar-refractivity contribution >= 4 is 60.6 Å². The highest BCUT2D eigenvalue weighted by Crippen LogP contribution is 2.41. The summed E-state index contributed by atoms with van der Waals surface area (Å²) in [5, 5.41) is 5.29. The van der Waals surface area contributed by atoms with Crippen LogP contribution in [0.1, 0.15) is 32.2 Å². The quantitative estimate of drug-likeness (QED) is 0.382. The Kier molecular flexibility index (Phi) is 6.60. The van der Waals surface area contributed by atoms with Crippen molar-refractivity contribution in [3.05, 3.63) is 60.0 Å². The van der Waals surface area contributed by atoms with E-state index in [0.29, 0.717) is 43.3 Å². The lowest BCUT2D eigenvalue weighted by Gasteiger charge is -2.21. The molecule has 9 heteroatoms. The largest absolute Gasteiger partial charge is 0.493 e. The molecule has 2 aromatic carbocycles. The normalized spacial score (nSPS) is 12.0. The van der Waals surface area contributed by atoms with E-state index in [0.717, 1.165) is 4.47 Å². The second kappa shape index (κ2) is 8.69. The van der Waals surface area contributed by atoms with Gasteiger partial charge in [-0.1, -0.05) is 48.3 Å². The summed E-state index contributed by atoms with van der Waals surface area (Å²) in [4.78, 5) is 18.0. The van der Waals surface area contributed by atoms with E-state index < -0.39 is 5.41 Å². The van der Waals surface area contributed by atoms with Crippen molar-refractivity contribution in [3.63, 3.8) is 0 Å². The van der Waals surface area contributed by atoms with Gasteiger partial charge in [-0.25, -0.2) is 4.98 Å². The van der Waals surface area contributed by atoms with Crippen LogP contribution in [0.15, 0.2) is 43.1 Å². The van der Waals surface area contributed by atoms with Gasteiger partial charge in [-0.2, -0.15) is 9.78 Å². The maximum atomic E-state index is 13.3. The zero-order valence-electron chi connectivity index (χ0n) is 17.1. The molecule has 30 heavy (non-hydrogen) atoms. The zero-order valence-corrected chi connectivity index (χ0v) is 21.0. The van der Waals surface area contributed by atoms with E-state index >= 15 is 0 Å². The summed E-state index contributed by atoms with van der Waals surface area (Å²) in [6.07, 6.45) is 1.54. The van der Waals surface area contributed by atoms with Gasteiger partial charge in [0, 0.05) is 19.9 Å². The van der Waals surface area contributed by atoms with Crippen molar-refractivity contribution in [2.24, 2.45) is 5.10 Å². The SMILES string of the molecule is COc1cc(C=Nn2c(C(C)(C)C)nc3ccc(Br)cc3c2=O)c(Br)c(Cl)c1OC. The van der Waals surface area contributed by atoms with Crippen LogP contribution in [0.25, 0.3) is 10.9 Å². The summed E-state index contributed by atoms with van der Waals surface area (Å²) in [7, 11) is 3.04. The highest BCUT2D eigenvalue weighted by Gasteiger charge is 2.23. The predicted molar refractivity (Wildman–Crippen MR) is 128 cm³/mol. The van der Waals surface area contributed by atoms with Gasteiger partial charge in [-0.3, -0.25) is 4.79 Å². The van der Waals surface area contributed by atoms with Gasteiger partial charge >= 0.3 is 0 Å². The van der Waals surface area contributed by atoms with Crippen molar-refractivity contribution < 1.29 is 9.47 Å². The van der Waals surface area contributed by atoms with E-state index in [-0.39, 0.29) is 5.56 Å². The number of rotatable bonds is 4. The number of benzene rings is 2. The van der Waals surface area contributed by atoms with E-state index in [4.69, 9.17) is 26.1 Å². The summed E-state index contributed by atoms with van der Waals surface area (Å²) < 4.78 is 13.4. The van der Waals surface area contributed by atoms with Gasteiger partial charge in [0.2, 0.25) is 0 Å². The lowest BCUT2D eigenvalue weighted by Crippen LogP contribution is -2.29. The highest BCUT2D eigenvalue weighted by molar-refractivity contribution is 9.10. The monoisotopic (exact) mass is 555 g/mol. The molecule has 6 nitrogen and oxygen atoms in total. The summed E-state index contributed by atoms with van der Waals surface area (Å²) in [6.45, 7) is 5.94. The van der Waals surface area contributed by atoms with Crippen molar-refractivity contribution in [2.75, 3.05) is 14.2 Å². The van der Waals surface area contributed by atoms with Gasteiger partial charge in [0.05, 0.1) is 31.3 Å². The summed E-state index contributed by atoms with van der Waals surface area (Å²) in [6, 6.07) is 7.14. The minimum atomic E-state index is -0.412. The van der Waals surface area contributed by atoms with Crippen LogP contribution in [0.4, 0.5) is 0 Å². The highest BCUT2D eigenvalue weighted by atomic mass is 79.9. The molecule has 0 aliphatic carbocycles. The Hall–Kier alpha value is -1.90. The van der Waals surface area contributed by atoms with Gasteiger partial charge in [-0.05, 0) is 40.2 Å². The van der Waals surface area contributed by atoms with E-state index in [2.05, 4.69) is 37.0 Å². The topological polar surface area (TPSA) is 65.7 Å². The fourth-order valence-corrected chi connectivity index (χ4v) is 3.94.